The molecule has 1 aliphatic carbocycles. The maximum atomic E-state index is 13.4. The molecule has 1 aromatic rings. The van der Waals surface area contributed by atoms with Gasteiger partial charge in [-0.15, -0.1) is 0 Å². The summed E-state index contributed by atoms with van der Waals surface area (Å²) in [5.74, 6) is 3.90. The molecule has 4 heteroatoms. The van der Waals surface area contributed by atoms with E-state index in [-0.39, 0.29) is 12.0 Å². The van der Waals surface area contributed by atoms with Gasteiger partial charge in [0.25, 0.3) is 0 Å². The van der Waals surface area contributed by atoms with Crippen molar-refractivity contribution in [3.05, 3.63) is 35.4 Å². The Morgan fingerprint density at radius 2 is 2.07 bits per heavy atom. The van der Waals surface area contributed by atoms with Crippen molar-refractivity contribution in [1.82, 2.24) is 0 Å². The smallest absolute Gasteiger partial charge is 0.129 e. The zero-order valence-corrected chi connectivity index (χ0v) is 7.59. The lowest BCUT2D eigenvalue weighted by molar-refractivity contribution is 0.115. The molecule has 1 fully saturated rings. The monoisotopic (exact) mass is 199 g/mol. The second kappa shape index (κ2) is 3.29. The van der Waals surface area contributed by atoms with Crippen molar-refractivity contribution in [3.63, 3.8) is 0 Å². The van der Waals surface area contributed by atoms with Crippen LogP contribution in [0.2, 0.25) is 0 Å². The molecule has 0 saturated heterocycles. The van der Waals surface area contributed by atoms with Crippen LogP contribution in [0.15, 0.2) is 18.2 Å². The summed E-state index contributed by atoms with van der Waals surface area (Å²) in [6, 6.07) is 3.62. The lowest BCUT2D eigenvalue weighted by Gasteiger charge is -2.14. The van der Waals surface area contributed by atoms with E-state index < -0.39 is 11.6 Å². The predicted molar refractivity (Wildman–Crippen MR) is 47.4 cm³/mol. The van der Waals surface area contributed by atoms with Crippen LogP contribution >= 0.6 is 0 Å². The topological polar surface area (TPSA) is 35.2 Å². The molecule has 0 unspecified atom stereocenters. The Bertz CT molecular complexity index is 350. The maximum absolute atomic E-state index is 13.4. The Morgan fingerprint density at radius 3 is 2.57 bits per heavy atom. The van der Waals surface area contributed by atoms with Gasteiger partial charge in [-0.3, -0.25) is 0 Å². The molecule has 2 nitrogen and oxygen atoms in total. The van der Waals surface area contributed by atoms with Crippen molar-refractivity contribution in [2.24, 2.45) is 5.90 Å². The molecule has 1 aliphatic rings. The first-order chi connectivity index (χ1) is 6.68. The minimum Gasteiger partial charge on any atom is -0.304 e. The van der Waals surface area contributed by atoms with Gasteiger partial charge in [-0.2, -0.15) is 0 Å². The largest absolute Gasteiger partial charge is 0.304 e. The molecule has 0 amide bonds. The molecule has 0 aromatic heterocycles. The summed E-state index contributed by atoms with van der Waals surface area (Å²) in [6.07, 6.45) is 1.68. The summed E-state index contributed by atoms with van der Waals surface area (Å²) in [7, 11) is 0. The highest BCUT2D eigenvalue weighted by molar-refractivity contribution is 5.33. The minimum atomic E-state index is -0.560. The SMILES string of the molecule is NOCC1(c2ccc(F)cc2F)CC1. The molecule has 0 bridgehead atoms. The Hall–Kier alpha value is -1.00. The van der Waals surface area contributed by atoms with Crippen molar-refractivity contribution in [1.29, 1.82) is 0 Å². The van der Waals surface area contributed by atoms with E-state index in [1.807, 2.05) is 0 Å². The van der Waals surface area contributed by atoms with Gasteiger partial charge in [0.05, 0.1) is 6.61 Å². The number of nitrogens with two attached hydrogens (primary N) is 1. The third kappa shape index (κ3) is 1.51. The number of halogens is 2. The Labute approximate surface area is 80.6 Å². The fraction of sp³-hybridized carbons (Fsp3) is 0.400. The van der Waals surface area contributed by atoms with Crippen LogP contribution in [0.3, 0.4) is 0 Å². The van der Waals surface area contributed by atoms with E-state index in [1.54, 1.807) is 0 Å². The lowest BCUT2D eigenvalue weighted by atomic mass is 9.96. The zero-order valence-electron chi connectivity index (χ0n) is 7.59. The molecule has 0 spiro atoms. The average Bonchev–Trinajstić information content (AvgIpc) is 2.86. The number of hydrogen-bond acceptors (Lipinski definition) is 2. The van der Waals surface area contributed by atoms with Crippen molar-refractivity contribution in [2.75, 3.05) is 6.61 Å². The first-order valence-electron chi connectivity index (χ1n) is 4.45. The highest BCUT2D eigenvalue weighted by Crippen LogP contribution is 2.49. The molecule has 14 heavy (non-hydrogen) atoms. The third-order valence-corrected chi connectivity index (χ3v) is 2.72. The third-order valence-electron chi connectivity index (χ3n) is 2.72. The lowest BCUT2D eigenvalue weighted by Crippen LogP contribution is -2.19. The average molecular weight is 199 g/mol. The molecule has 0 aliphatic heterocycles. The molecule has 0 radical (unpaired) electrons. The van der Waals surface area contributed by atoms with E-state index in [0.717, 1.165) is 18.9 Å². The van der Waals surface area contributed by atoms with Crippen molar-refractivity contribution in [3.8, 4) is 0 Å². The van der Waals surface area contributed by atoms with Crippen LogP contribution < -0.4 is 5.90 Å². The molecule has 2 N–H and O–H groups in total. The van der Waals surface area contributed by atoms with Crippen LogP contribution in [0.5, 0.6) is 0 Å². The summed E-state index contributed by atoms with van der Waals surface area (Å²) in [5.41, 5.74) is 0.191. The molecule has 0 atom stereocenters. The molecule has 76 valence electrons. The highest BCUT2D eigenvalue weighted by Gasteiger charge is 2.46. The fourth-order valence-corrected chi connectivity index (χ4v) is 1.72. The number of rotatable bonds is 3. The van der Waals surface area contributed by atoms with Crippen LogP contribution in [-0.4, -0.2) is 6.61 Å². The summed E-state index contributed by atoms with van der Waals surface area (Å²) in [5, 5.41) is 0. The van der Waals surface area contributed by atoms with E-state index in [2.05, 4.69) is 4.84 Å². The van der Waals surface area contributed by atoms with Gasteiger partial charge in [0, 0.05) is 11.5 Å². The Balaban J connectivity index is 2.32. The van der Waals surface area contributed by atoms with Gasteiger partial charge in [-0.1, -0.05) is 6.07 Å². The van der Waals surface area contributed by atoms with Crippen molar-refractivity contribution >= 4 is 0 Å². The minimum absolute atomic E-state index is 0.287. The zero-order chi connectivity index (χ0) is 10.2. The van der Waals surface area contributed by atoms with Crippen LogP contribution in [0.25, 0.3) is 0 Å². The molecule has 1 aromatic carbocycles. The van der Waals surface area contributed by atoms with E-state index in [4.69, 9.17) is 5.90 Å². The van der Waals surface area contributed by atoms with Gasteiger partial charge in [-0.25, -0.2) is 14.7 Å². The quantitative estimate of drug-likeness (QED) is 0.754. The van der Waals surface area contributed by atoms with Crippen molar-refractivity contribution < 1.29 is 13.6 Å². The summed E-state index contributed by atoms with van der Waals surface area (Å²) in [6.45, 7) is 0.287. The van der Waals surface area contributed by atoms with Crippen LogP contribution in [-0.2, 0) is 10.3 Å². The Morgan fingerprint density at radius 1 is 1.36 bits per heavy atom. The molecule has 0 heterocycles. The van der Waals surface area contributed by atoms with E-state index in [0.29, 0.717) is 5.56 Å². The normalized spacial score (nSPS) is 18.2. The second-order valence-electron chi connectivity index (χ2n) is 3.72. The second-order valence-corrected chi connectivity index (χ2v) is 3.72. The van der Waals surface area contributed by atoms with Gasteiger partial charge < -0.3 is 4.84 Å². The molecular formula is C10H11F2NO. The molecule has 2 rings (SSSR count). The van der Waals surface area contributed by atoms with Gasteiger partial charge in [0.15, 0.2) is 0 Å². The summed E-state index contributed by atoms with van der Waals surface area (Å²) < 4.78 is 26.0. The number of hydrogen-bond donors (Lipinski definition) is 1. The van der Waals surface area contributed by atoms with Gasteiger partial charge in [-0.05, 0) is 24.5 Å². The molecular weight excluding hydrogens is 188 g/mol. The number of benzene rings is 1. The first kappa shape index (κ1) is 9.55. The summed E-state index contributed by atoms with van der Waals surface area (Å²) >= 11 is 0. The van der Waals surface area contributed by atoms with Crippen LogP contribution in [0.1, 0.15) is 18.4 Å². The van der Waals surface area contributed by atoms with Crippen molar-refractivity contribution in [2.45, 2.75) is 18.3 Å². The van der Waals surface area contributed by atoms with E-state index in [1.165, 1.54) is 12.1 Å². The van der Waals surface area contributed by atoms with E-state index in [9.17, 15) is 8.78 Å². The van der Waals surface area contributed by atoms with Crippen LogP contribution in [0.4, 0.5) is 8.78 Å². The van der Waals surface area contributed by atoms with Gasteiger partial charge in [0.2, 0.25) is 0 Å². The van der Waals surface area contributed by atoms with Gasteiger partial charge >= 0.3 is 0 Å². The highest BCUT2D eigenvalue weighted by atomic mass is 19.1. The standard InChI is InChI=1S/C10H11F2NO/c11-7-1-2-8(9(12)5-7)10(3-4-10)6-14-13/h1-2,5H,3-4,6,13H2. The fourth-order valence-electron chi connectivity index (χ4n) is 1.72. The predicted octanol–water partition coefficient (Wildman–Crippen LogP) is 1.89. The first-order valence-corrected chi connectivity index (χ1v) is 4.45. The molecule has 1 saturated carbocycles. The summed E-state index contributed by atoms with van der Waals surface area (Å²) in [4.78, 5) is 4.55. The van der Waals surface area contributed by atoms with E-state index >= 15 is 0 Å². The Kier molecular flexibility index (Phi) is 2.25. The maximum Gasteiger partial charge on any atom is 0.129 e. The van der Waals surface area contributed by atoms with Gasteiger partial charge in [0.1, 0.15) is 11.6 Å². The van der Waals surface area contributed by atoms with Crippen LogP contribution in [0, 0.1) is 11.6 Å².